The number of carbonyl (C=O) groups is 2. The summed E-state index contributed by atoms with van der Waals surface area (Å²) in [5.41, 5.74) is 1.18. The molecule has 0 bridgehead atoms. The molecule has 0 radical (unpaired) electrons. The van der Waals surface area contributed by atoms with Crippen LogP contribution in [0.25, 0.3) is 0 Å². The van der Waals surface area contributed by atoms with Crippen LogP contribution in [-0.2, 0) is 9.53 Å². The molecule has 2 atom stereocenters. The zero-order valence-corrected chi connectivity index (χ0v) is 15.4. The Kier molecular flexibility index (Phi) is 6.85. The number of ether oxygens (including phenoxy) is 1. The number of hydrogen-bond acceptors (Lipinski definition) is 3. The average Bonchev–Trinajstić information content (AvgIpc) is 2.54. The summed E-state index contributed by atoms with van der Waals surface area (Å²) >= 11 is 3.48. The minimum absolute atomic E-state index is 0.359. The van der Waals surface area contributed by atoms with Crippen molar-refractivity contribution in [3.63, 3.8) is 0 Å². The van der Waals surface area contributed by atoms with Gasteiger partial charge >= 0.3 is 12.0 Å². The number of esters is 1. The van der Waals surface area contributed by atoms with Crippen molar-refractivity contribution in [2.75, 3.05) is 6.61 Å². The Hall–Kier alpha value is -1.82. The van der Waals surface area contributed by atoms with Crippen LogP contribution < -0.4 is 10.6 Å². The van der Waals surface area contributed by atoms with Crippen LogP contribution in [0.5, 0.6) is 0 Å². The second-order valence-electron chi connectivity index (χ2n) is 5.83. The van der Waals surface area contributed by atoms with E-state index in [-0.39, 0.29) is 12.0 Å². The second-order valence-corrected chi connectivity index (χ2v) is 6.68. The Morgan fingerprint density at radius 2 is 2.04 bits per heavy atom. The van der Waals surface area contributed by atoms with Crippen molar-refractivity contribution in [1.82, 2.24) is 10.6 Å². The molecule has 1 aromatic rings. The molecule has 1 saturated heterocycles. The molecule has 1 aliphatic heterocycles. The van der Waals surface area contributed by atoms with Crippen LogP contribution in [-0.4, -0.2) is 18.6 Å². The van der Waals surface area contributed by atoms with Gasteiger partial charge in [-0.05, 0) is 18.1 Å². The highest BCUT2D eigenvalue weighted by molar-refractivity contribution is 9.10. The maximum absolute atomic E-state index is 12.6. The van der Waals surface area contributed by atoms with Crippen molar-refractivity contribution in [1.29, 1.82) is 0 Å². The zero-order chi connectivity index (χ0) is 17.5. The fraction of sp³-hybridized carbons (Fsp3) is 0.444. The highest BCUT2D eigenvalue weighted by Crippen LogP contribution is 2.34. The molecular formula is C18H23BrN2O3. The number of halogens is 1. The monoisotopic (exact) mass is 394 g/mol. The third kappa shape index (κ3) is 4.60. The van der Waals surface area contributed by atoms with Crippen molar-refractivity contribution in [2.24, 2.45) is 5.92 Å². The van der Waals surface area contributed by atoms with E-state index in [0.29, 0.717) is 12.3 Å². The largest absolute Gasteiger partial charge is 0.465 e. The van der Waals surface area contributed by atoms with Crippen molar-refractivity contribution in [2.45, 2.75) is 38.6 Å². The Balaban J connectivity index is 2.11. The molecule has 130 valence electrons. The molecule has 1 fully saturated rings. The highest BCUT2D eigenvalue weighted by atomic mass is 79.9. The molecule has 0 spiro atoms. The third-order valence-electron chi connectivity index (χ3n) is 4.01. The number of hydrogen-bond donors (Lipinski definition) is 2. The highest BCUT2D eigenvalue weighted by Gasteiger charge is 2.39. The summed E-state index contributed by atoms with van der Waals surface area (Å²) in [5, 5.41) is 5.38. The first-order chi connectivity index (χ1) is 11.5. The summed E-state index contributed by atoms with van der Waals surface area (Å²) in [4.78, 5) is 24.4. The smallest absolute Gasteiger partial charge is 0.319 e. The van der Waals surface area contributed by atoms with Gasteiger partial charge in [-0.3, -0.25) is 4.79 Å². The number of amides is 2. The minimum Gasteiger partial charge on any atom is -0.465 e. The summed E-state index contributed by atoms with van der Waals surface area (Å²) in [7, 11) is 0. The van der Waals surface area contributed by atoms with Gasteiger partial charge in [0.2, 0.25) is 0 Å². The lowest BCUT2D eigenvalue weighted by atomic mass is 9.89. The molecule has 0 saturated carbocycles. The first kappa shape index (κ1) is 18.5. The van der Waals surface area contributed by atoms with Gasteiger partial charge in [-0.1, -0.05) is 66.9 Å². The Morgan fingerprint density at radius 1 is 1.29 bits per heavy atom. The SMILES string of the molecule is C=C1NC(=O)N[C@@H](c2ccccc2Br)[C@@H]1C(=O)OCCCCCC. The molecule has 0 aromatic heterocycles. The lowest BCUT2D eigenvalue weighted by Gasteiger charge is -2.33. The van der Waals surface area contributed by atoms with Gasteiger partial charge in [0.15, 0.2) is 0 Å². The van der Waals surface area contributed by atoms with Gasteiger partial charge in [-0.25, -0.2) is 4.79 Å². The molecule has 24 heavy (non-hydrogen) atoms. The molecule has 6 heteroatoms. The third-order valence-corrected chi connectivity index (χ3v) is 4.73. The van der Waals surface area contributed by atoms with E-state index in [9.17, 15) is 9.59 Å². The predicted molar refractivity (Wildman–Crippen MR) is 96.3 cm³/mol. The van der Waals surface area contributed by atoms with Gasteiger partial charge in [0, 0.05) is 10.2 Å². The summed E-state index contributed by atoms with van der Waals surface area (Å²) in [5.74, 6) is -1.03. The predicted octanol–water partition coefficient (Wildman–Crippen LogP) is 4.06. The fourth-order valence-electron chi connectivity index (χ4n) is 2.74. The molecule has 0 unspecified atom stereocenters. The summed E-state index contributed by atoms with van der Waals surface area (Å²) in [6, 6.07) is 6.61. The summed E-state index contributed by atoms with van der Waals surface area (Å²) in [6.07, 6.45) is 4.15. The summed E-state index contributed by atoms with van der Waals surface area (Å²) < 4.78 is 6.24. The molecule has 2 rings (SSSR count). The van der Waals surface area contributed by atoms with Crippen LogP contribution in [0, 0.1) is 5.92 Å². The van der Waals surface area contributed by atoms with E-state index < -0.39 is 12.0 Å². The maximum atomic E-state index is 12.6. The van der Waals surface area contributed by atoms with Crippen LogP contribution in [0.4, 0.5) is 4.79 Å². The van der Waals surface area contributed by atoms with Gasteiger partial charge in [-0.15, -0.1) is 0 Å². The number of unbranched alkanes of at least 4 members (excludes halogenated alkanes) is 3. The lowest BCUT2D eigenvalue weighted by molar-refractivity contribution is -0.148. The average molecular weight is 395 g/mol. The minimum atomic E-state index is -0.660. The van der Waals surface area contributed by atoms with Gasteiger partial charge in [-0.2, -0.15) is 0 Å². The van der Waals surface area contributed by atoms with E-state index in [1.807, 2.05) is 24.3 Å². The standard InChI is InChI=1S/C18H23BrN2O3/c1-3-4-5-8-11-24-17(22)15-12(2)20-18(23)21-16(15)13-9-6-7-10-14(13)19/h6-7,9-10,15-16H,2-5,8,11H2,1H3,(H2,20,21,23)/t15-,16+/m1/s1. The van der Waals surface area contributed by atoms with Crippen LogP contribution in [0.2, 0.25) is 0 Å². The normalized spacial score (nSPS) is 20.2. The van der Waals surface area contributed by atoms with Crippen molar-refractivity contribution < 1.29 is 14.3 Å². The van der Waals surface area contributed by atoms with E-state index >= 15 is 0 Å². The topological polar surface area (TPSA) is 67.4 Å². The van der Waals surface area contributed by atoms with Gasteiger partial charge < -0.3 is 15.4 Å². The van der Waals surface area contributed by atoms with Crippen molar-refractivity contribution in [3.8, 4) is 0 Å². The number of urea groups is 1. The van der Waals surface area contributed by atoms with E-state index in [2.05, 4.69) is 40.1 Å². The molecule has 5 nitrogen and oxygen atoms in total. The molecule has 2 amide bonds. The molecule has 0 aliphatic carbocycles. The summed E-state index contributed by atoms with van der Waals surface area (Å²) in [6.45, 7) is 6.36. The number of nitrogens with one attached hydrogen (secondary N) is 2. The van der Waals surface area contributed by atoms with Crippen LogP contribution in [0.15, 0.2) is 41.0 Å². The number of benzene rings is 1. The Labute approximate surface area is 151 Å². The van der Waals surface area contributed by atoms with Crippen molar-refractivity contribution in [3.05, 3.63) is 46.6 Å². The van der Waals surface area contributed by atoms with Gasteiger partial charge in [0.25, 0.3) is 0 Å². The molecule has 1 aromatic carbocycles. The first-order valence-corrected chi connectivity index (χ1v) is 9.01. The van der Waals surface area contributed by atoms with Crippen molar-refractivity contribution >= 4 is 27.9 Å². The van der Waals surface area contributed by atoms with E-state index in [1.54, 1.807) is 0 Å². The zero-order valence-electron chi connectivity index (χ0n) is 13.8. The molecule has 2 N–H and O–H groups in total. The number of carbonyl (C=O) groups excluding carboxylic acids is 2. The Morgan fingerprint density at radius 3 is 2.75 bits per heavy atom. The van der Waals surface area contributed by atoms with E-state index in [0.717, 1.165) is 35.7 Å². The molecular weight excluding hydrogens is 372 g/mol. The van der Waals surface area contributed by atoms with Gasteiger partial charge in [0.05, 0.1) is 12.6 Å². The van der Waals surface area contributed by atoms with Crippen LogP contribution in [0.1, 0.15) is 44.2 Å². The van der Waals surface area contributed by atoms with E-state index in [1.165, 1.54) is 0 Å². The van der Waals surface area contributed by atoms with Crippen LogP contribution >= 0.6 is 15.9 Å². The molecule has 1 heterocycles. The van der Waals surface area contributed by atoms with Crippen LogP contribution in [0.3, 0.4) is 0 Å². The van der Waals surface area contributed by atoms with Gasteiger partial charge in [0.1, 0.15) is 5.92 Å². The lowest BCUT2D eigenvalue weighted by Crippen LogP contribution is -2.51. The first-order valence-electron chi connectivity index (χ1n) is 8.22. The number of rotatable bonds is 7. The quantitative estimate of drug-likeness (QED) is 0.541. The second kappa shape index (κ2) is 8.87. The van der Waals surface area contributed by atoms with E-state index in [4.69, 9.17) is 4.74 Å². The fourth-order valence-corrected chi connectivity index (χ4v) is 3.27. The Bertz CT molecular complexity index is 618. The molecule has 1 aliphatic rings. The maximum Gasteiger partial charge on any atom is 0.319 e.